The van der Waals surface area contributed by atoms with Crippen LogP contribution in [0.2, 0.25) is 0 Å². The van der Waals surface area contributed by atoms with Crippen LogP contribution in [0.25, 0.3) is 0 Å². The molecule has 1 amide bonds. The summed E-state index contributed by atoms with van der Waals surface area (Å²) in [6.45, 7) is 0.692. The summed E-state index contributed by atoms with van der Waals surface area (Å²) < 4.78 is 28.7. The third-order valence-corrected chi connectivity index (χ3v) is 6.62. The van der Waals surface area contributed by atoms with Gasteiger partial charge in [0.05, 0.1) is 26.4 Å². The zero-order valence-electron chi connectivity index (χ0n) is 15.4. The van der Waals surface area contributed by atoms with E-state index in [-0.39, 0.29) is 41.8 Å². The molecule has 1 spiro atoms. The van der Waals surface area contributed by atoms with Crippen LogP contribution in [0.1, 0.15) is 28.3 Å². The van der Waals surface area contributed by atoms with Crippen LogP contribution in [0.3, 0.4) is 0 Å². The van der Waals surface area contributed by atoms with E-state index in [9.17, 15) is 4.79 Å². The van der Waals surface area contributed by atoms with E-state index in [1.807, 2.05) is 11.0 Å². The van der Waals surface area contributed by atoms with Crippen molar-refractivity contribution in [2.75, 3.05) is 35.0 Å². The first-order valence-electron chi connectivity index (χ1n) is 8.91. The minimum Gasteiger partial charge on any atom is -0.493 e. The Kier molecular flexibility index (Phi) is 3.36. The lowest BCUT2D eigenvalue weighted by atomic mass is 9.68. The summed E-state index contributed by atoms with van der Waals surface area (Å²) in [5, 5.41) is 0. The number of epoxide rings is 1. The fourth-order valence-corrected chi connectivity index (χ4v) is 5.51. The van der Waals surface area contributed by atoms with Gasteiger partial charge in [-0.15, -0.1) is 0 Å². The summed E-state index contributed by atoms with van der Waals surface area (Å²) in [6, 6.07) is 3.68. The highest BCUT2D eigenvalue weighted by Crippen LogP contribution is 2.62. The Hall–Kier alpha value is -1.83. The van der Waals surface area contributed by atoms with Gasteiger partial charge in [0.2, 0.25) is 0 Å². The average Bonchev–Trinajstić information content (AvgIpc) is 3.28. The molecule has 2 saturated heterocycles. The van der Waals surface area contributed by atoms with Gasteiger partial charge >= 0.3 is 0 Å². The number of nitrogens with zero attached hydrogens (tertiary/aromatic N) is 1. The number of hydrogen-bond donors (Lipinski definition) is 0. The molecule has 7 heteroatoms. The van der Waals surface area contributed by atoms with Crippen molar-refractivity contribution in [1.29, 1.82) is 0 Å². The minimum atomic E-state index is -0.305. The first-order valence-corrected chi connectivity index (χ1v) is 8.91. The van der Waals surface area contributed by atoms with Gasteiger partial charge in [0.1, 0.15) is 17.8 Å². The first kappa shape index (κ1) is 16.4. The zero-order chi connectivity index (χ0) is 18.2. The normalized spacial score (nSPS) is 39.2. The largest absolute Gasteiger partial charge is 0.493 e. The number of amides is 1. The molecule has 3 fully saturated rings. The van der Waals surface area contributed by atoms with Crippen molar-refractivity contribution in [1.82, 2.24) is 4.90 Å². The smallest absolute Gasteiger partial charge is 0.254 e. The molecular weight excluding hydrogens is 338 g/mol. The van der Waals surface area contributed by atoms with Gasteiger partial charge in [0.15, 0.2) is 11.5 Å². The predicted octanol–water partition coefficient (Wildman–Crippen LogP) is 1.20. The fourth-order valence-electron chi connectivity index (χ4n) is 5.51. The molecule has 0 N–H and O–H groups in total. The highest BCUT2D eigenvalue weighted by Gasteiger charge is 2.77. The van der Waals surface area contributed by atoms with Gasteiger partial charge in [-0.3, -0.25) is 4.79 Å². The van der Waals surface area contributed by atoms with Crippen molar-refractivity contribution in [3.05, 3.63) is 23.3 Å². The molecule has 6 atom stereocenters. The van der Waals surface area contributed by atoms with E-state index >= 15 is 0 Å². The molecule has 140 valence electrons. The van der Waals surface area contributed by atoms with Crippen LogP contribution in [0.15, 0.2) is 12.1 Å². The van der Waals surface area contributed by atoms with Gasteiger partial charge < -0.3 is 28.6 Å². The molecule has 3 heterocycles. The Balaban J connectivity index is 1.72. The molecule has 1 aliphatic carbocycles. The lowest BCUT2D eigenvalue weighted by Gasteiger charge is -2.47. The molecule has 5 rings (SSSR count). The van der Waals surface area contributed by atoms with E-state index in [0.29, 0.717) is 23.6 Å². The van der Waals surface area contributed by atoms with E-state index in [0.717, 1.165) is 12.0 Å². The van der Waals surface area contributed by atoms with Gasteiger partial charge in [-0.25, -0.2) is 0 Å². The van der Waals surface area contributed by atoms with Crippen molar-refractivity contribution >= 4 is 5.91 Å². The van der Waals surface area contributed by atoms with Crippen LogP contribution in [-0.2, 0) is 14.2 Å². The maximum Gasteiger partial charge on any atom is 0.254 e. The molecule has 1 aromatic carbocycles. The molecule has 4 aliphatic rings. The van der Waals surface area contributed by atoms with Gasteiger partial charge in [-0.1, -0.05) is 0 Å². The monoisotopic (exact) mass is 361 g/mol. The second-order valence-corrected chi connectivity index (χ2v) is 7.41. The summed E-state index contributed by atoms with van der Waals surface area (Å²) >= 11 is 0. The summed E-state index contributed by atoms with van der Waals surface area (Å²) in [4.78, 5) is 15.2. The van der Waals surface area contributed by atoms with Crippen molar-refractivity contribution in [2.24, 2.45) is 0 Å². The molecule has 26 heavy (non-hydrogen) atoms. The Morgan fingerprint density at radius 2 is 1.77 bits per heavy atom. The summed E-state index contributed by atoms with van der Waals surface area (Å²) in [7, 11) is 6.57. The van der Waals surface area contributed by atoms with E-state index in [4.69, 9.17) is 23.7 Å². The maximum atomic E-state index is 13.2. The fraction of sp³-hybridized carbons (Fsp3) is 0.632. The molecule has 0 aromatic heterocycles. The molecule has 0 unspecified atom stereocenters. The van der Waals surface area contributed by atoms with Crippen LogP contribution in [0.4, 0.5) is 0 Å². The Labute approximate surface area is 152 Å². The maximum absolute atomic E-state index is 13.2. The molecule has 0 radical (unpaired) electrons. The molecule has 0 bridgehead atoms. The number of carbonyl (C=O) groups is 1. The first-order chi connectivity index (χ1) is 12.6. The Morgan fingerprint density at radius 1 is 1.08 bits per heavy atom. The second-order valence-electron chi connectivity index (χ2n) is 7.41. The van der Waals surface area contributed by atoms with Crippen LogP contribution < -0.4 is 9.47 Å². The standard InChI is InChI=1S/C19H23NO6/c1-22-11-7-9-10(8-12(11)23-2)18(21)20-6-5-19-16(20)13(9)14(24-3)15(25-4)17(19)26-19/h7-8,13-17H,5-6H2,1-4H3/t13-,14+,15-,16+,17+,19-/m1/s1. The predicted molar refractivity (Wildman–Crippen MR) is 90.9 cm³/mol. The van der Waals surface area contributed by atoms with Crippen molar-refractivity contribution in [3.63, 3.8) is 0 Å². The highest BCUT2D eigenvalue weighted by molar-refractivity contribution is 5.99. The molecule has 1 aromatic rings. The quantitative estimate of drug-likeness (QED) is 0.751. The van der Waals surface area contributed by atoms with E-state index in [2.05, 4.69) is 0 Å². The van der Waals surface area contributed by atoms with Crippen molar-refractivity contribution in [3.8, 4) is 11.5 Å². The Morgan fingerprint density at radius 3 is 2.42 bits per heavy atom. The van der Waals surface area contributed by atoms with Gasteiger partial charge in [-0.05, 0) is 24.1 Å². The van der Waals surface area contributed by atoms with Crippen LogP contribution in [-0.4, -0.2) is 75.7 Å². The summed E-state index contributed by atoms with van der Waals surface area (Å²) in [5.74, 6) is 1.17. The van der Waals surface area contributed by atoms with Crippen LogP contribution >= 0.6 is 0 Å². The van der Waals surface area contributed by atoms with Crippen molar-refractivity contribution < 1.29 is 28.5 Å². The number of methoxy groups -OCH3 is 4. The topological polar surface area (TPSA) is 69.8 Å². The molecule has 1 saturated carbocycles. The summed E-state index contributed by atoms with van der Waals surface area (Å²) in [5.41, 5.74) is 1.27. The third kappa shape index (κ3) is 1.76. The number of rotatable bonds is 4. The number of fused-ring (bicyclic) bond motifs is 2. The van der Waals surface area contributed by atoms with Gasteiger partial charge in [0.25, 0.3) is 5.91 Å². The second kappa shape index (κ2) is 5.34. The zero-order valence-corrected chi connectivity index (χ0v) is 15.4. The molecule has 7 nitrogen and oxygen atoms in total. The van der Waals surface area contributed by atoms with Crippen molar-refractivity contribution in [2.45, 2.75) is 42.3 Å². The number of benzene rings is 1. The number of hydrogen-bond acceptors (Lipinski definition) is 6. The number of carbonyl (C=O) groups excluding carboxylic acids is 1. The SMILES string of the molecule is COc1cc2c(cc1OC)[C@@H]1[C@H](OC)[C@@H](OC)[C@@H]3O[C@@]34CCN(C2=O)[C@@H]14. The van der Waals surface area contributed by atoms with Crippen LogP contribution in [0.5, 0.6) is 11.5 Å². The lowest BCUT2D eigenvalue weighted by Crippen LogP contribution is -2.60. The molecule has 3 aliphatic heterocycles. The van der Waals surface area contributed by atoms with Gasteiger partial charge in [0, 0.05) is 32.2 Å². The third-order valence-electron chi connectivity index (χ3n) is 6.62. The number of ether oxygens (including phenoxy) is 5. The molecular formula is C19H23NO6. The lowest BCUT2D eigenvalue weighted by molar-refractivity contribution is -0.0803. The van der Waals surface area contributed by atoms with Crippen LogP contribution in [0, 0.1) is 0 Å². The van der Waals surface area contributed by atoms with E-state index in [1.54, 1.807) is 34.5 Å². The summed E-state index contributed by atoms with van der Waals surface area (Å²) in [6.07, 6.45) is 0.466. The minimum absolute atomic E-state index is 0.0156. The highest BCUT2D eigenvalue weighted by atomic mass is 16.6. The van der Waals surface area contributed by atoms with E-state index in [1.165, 1.54) is 0 Å². The van der Waals surface area contributed by atoms with E-state index < -0.39 is 0 Å². The van der Waals surface area contributed by atoms with Gasteiger partial charge in [-0.2, -0.15) is 0 Å². The Bertz CT molecular complexity index is 782. The average molecular weight is 361 g/mol.